The maximum absolute atomic E-state index is 12.2. The molecule has 1 heterocycles. The van der Waals surface area contributed by atoms with Crippen LogP contribution in [0.2, 0.25) is 0 Å². The van der Waals surface area contributed by atoms with Gasteiger partial charge in [-0.1, -0.05) is 43.1 Å². The number of aromatic carboxylic acids is 1. The SMILES string of the molecule is CCCCCc1cc(OC2O[C@H](COC(C)=O)[C@@H](O)[C@H](O)[C@H]2O)c(C/C=C(\C)CCC=C(C)C)c(O)c1C(=O)O. The molecule has 0 amide bonds. The molecule has 0 aromatic heterocycles. The van der Waals surface area contributed by atoms with Crippen molar-refractivity contribution >= 4 is 11.9 Å². The first kappa shape index (κ1) is 33.3. The number of aromatic hydroxyl groups is 1. The Labute approximate surface area is 235 Å². The summed E-state index contributed by atoms with van der Waals surface area (Å²) in [5.74, 6) is -2.24. The lowest BCUT2D eigenvalue weighted by molar-refractivity contribution is -0.278. The zero-order valence-corrected chi connectivity index (χ0v) is 24.1. The van der Waals surface area contributed by atoms with Crippen LogP contribution in [0.4, 0.5) is 0 Å². The summed E-state index contributed by atoms with van der Waals surface area (Å²) in [5, 5.41) is 52.5. The third kappa shape index (κ3) is 9.33. The van der Waals surface area contributed by atoms with E-state index in [9.17, 15) is 35.1 Å². The van der Waals surface area contributed by atoms with Crippen molar-refractivity contribution in [2.24, 2.45) is 0 Å². The smallest absolute Gasteiger partial charge is 0.339 e. The first-order valence-electron chi connectivity index (χ1n) is 13.8. The van der Waals surface area contributed by atoms with Crippen LogP contribution < -0.4 is 4.74 Å². The van der Waals surface area contributed by atoms with E-state index >= 15 is 0 Å². The van der Waals surface area contributed by atoms with Crippen LogP contribution in [0.3, 0.4) is 0 Å². The van der Waals surface area contributed by atoms with Crippen molar-refractivity contribution in [2.75, 3.05) is 6.61 Å². The molecule has 0 aliphatic carbocycles. The van der Waals surface area contributed by atoms with E-state index in [1.807, 2.05) is 33.8 Å². The van der Waals surface area contributed by atoms with Crippen molar-refractivity contribution in [3.05, 3.63) is 46.1 Å². The highest BCUT2D eigenvalue weighted by Crippen LogP contribution is 2.38. The van der Waals surface area contributed by atoms with Crippen LogP contribution in [-0.2, 0) is 27.1 Å². The number of aryl methyl sites for hydroxylation is 1. The van der Waals surface area contributed by atoms with Crippen molar-refractivity contribution in [3.63, 3.8) is 0 Å². The number of unbranched alkanes of at least 4 members (excludes halogenated alkanes) is 2. The monoisotopic (exact) mass is 564 g/mol. The molecule has 40 heavy (non-hydrogen) atoms. The molecule has 1 aliphatic heterocycles. The number of benzene rings is 1. The number of carboxylic acids is 1. The summed E-state index contributed by atoms with van der Waals surface area (Å²) >= 11 is 0. The Morgan fingerprint density at radius 2 is 1.73 bits per heavy atom. The summed E-state index contributed by atoms with van der Waals surface area (Å²) in [6.07, 6.45) is 0.997. The predicted octanol–water partition coefficient (Wildman–Crippen LogP) is 3.81. The quantitative estimate of drug-likeness (QED) is 0.128. The molecular weight excluding hydrogens is 520 g/mol. The Morgan fingerprint density at radius 1 is 1.02 bits per heavy atom. The van der Waals surface area contributed by atoms with Gasteiger partial charge in [0.2, 0.25) is 6.29 Å². The summed E-state index contributed by atoms with van der Waals surface area (Å²) in [6, 6.07) is 1.52. The predicted molar refractivity (Wildman–Crippen MR) is 148 cm³/mol. The number of phenols is 1. The molecule has 0 saturated carbocycles. The van der Waals surface area contributed by atoms with E-state index in [4.69, 9.17) is 14.2 Å². The fraction of sp³-hybridized carbons (Fsp3) is 0.600. The van der Waals surface area contributed by atoms with Gasteiger partial charge in [-0.15, -0.1) is 0 Å². The summed E-state index contributed by atoms with van der Waals surface area (Å²) in [4.78, 5) is 23.4. The minimum Gasteiger partial charge on any atom is -0.507 e. The molecule has 0 spiro atoms. The van der Waals surface area contributed by atoms with Crippen LogP contribution in [0.5, 0.6) is 11.5 Å². The summed E-state index contributed by atoms with van der Waals surface area (Å²) in [7, 11) is 0. The second-order valence-corrected chi connectivity index (χ2v) is 10.5. The van der Waals surface area contributed by atoms with Crippen LogP contribution in [0.15, 0.2) is 29.4 Å². The molecule has 1 fully saturated rings. The van der Waals surface area contributed by atoms with Gasteiger partial charge in [0.25, 0.3) is 0 Å². The highest BCUT2D eigenvalue weighted by atomic mass is 16.7. The molecule has 1 saturated heterocycles. The number of ether oxygens (including phenoxy) is 3. The standard InChI is InChI=1S/C30H44O10/c1-6-7-8-12-20-15-22(39-30-28(35)27(34)26(33)23(40-30)16-38-19(5)31)21(25(32)24(20)29(36)37)14-13-18(4)11-9-10-17(2)3/h10,13,15,23,26-28,30,32-35H,6-9,11-12,14,16H2,1-5H3,(H,36,37)/b18-13+/t23-,26-,27+,28-,30?/m1/s1. The third-order valence-corrected chi connectivity index (χ3v) is 6.82. The number of hydrogen-bond acceptors (Lipinski definition) is 9. The Morgan fingerprint density at radius 3 is 2.33 bits per heavy atom. The van der Waals surface area contributed by atoms with E-state index in [2.05, 4.69) is 6.08 Å². The van der Waals surface area contributed by atoms with Crippen molar-refractivity contribution in [1.82, 2.24) is 0 Å². The van der Waals surface area contributed by atoms with Gasteiger partial charge in [-0.3, -0.25) is 4.79 Å². The van der Waals surface area contributed by atoms with E-state index in [-0.39, 0.29) is 29.9 Å². The first-order chi connectivity index (χ1) is 18.9. The molecule has 0 radical (unpaired) electrons. The van der Waals surface area contributed by atoms with Gasteiger partial charge in [-0.05, 0) is 64.5 Å². The van der Waals surface area contributed by atoms with Gasteiger partial charge in [0.15, 0.2) is 0 Å². The Hall–Kier alpha value is -2.92. The molecule has 5 atom stereocenters. The van der Waals surface area contributed by atoms with Gasteiger partial charge in [0.1, 0.15) is 48.1 Å². The second-order valence-electron chi connectivity index (χ2n) is 10.5. The summed E-state index contributed by atoms with van der Waals surface area (Å²) in [5.41, 5.74) is 2.58. The highest BCUT2D eigenvalue weighted by molar-refractivity contribution is 5.93. The highest BCUT2D eigenvalue weighted by Gasteiger charge is 2.45. The number of carbonyl (C=O) groups excluding carboxylic acids is 1. The number of hydrogen-bond donors (Lipinski definition) is 5. The van der Waals surface area contributed by atoms with Gasteiger partial charge in [0, 0.05) is 12.5 Å². The number of rotatable bonds is 14. The largest absolute Gasteiger partial charge is 0.507 e. The van der Waals surface area contributed by atoms with E-state index in [1.165, 1.54) is 18.6 Å². The number of aliphatic hydroxyl groups is 3. The Bertz CT molecular complexity index is 1070. The van der Waals surface area contributed by atoms with Crippen molar-refractivity contribution < 1.29 is 49.3 Å². The van der Waals surface area contributed by atoms with Gasteiger partial charge in [-0.25, -0.2) is 4.79 Å². The lowest BCUT2D eigenvalue weighted by Crippen LogP contribution is -2.60. The average molecular weight is 565 g/mol. The molecule has 10 heteroatoms. The van der Waals surface area contributed by atoms with E-state index < -0.39 is 48.4 Å². The fourth-order valence-corrected chi connectivity index (χ4v) is 4.48. The number of allylic oxidation sites excluding steroid dienone is 4. The number of carbonyl (C=O) groups is 2. The number of esters is 1. The summed E-state index contributed by atoms with van der Waals surface area (Å²) < 4.78 is 16.6. The van der Waals surface area contributed by atoms with Crippen LogP contribution >= 0.6 is 0 Å². The first-order valence-corrected chi connectivity index (χ1v) is 13.8. The molecule has 10 nitrogen and oxygen atoms in total. The van der Waals surface area contributed by atoms with E-state index in [0.717, 1.165) is 31.3 Å². The van der Waals surface area contributed by atoms with Gasteiger partial charge in [-0.2, -0.15) is 0 Å². The molecule has 5 N–H and O–H groups in total. The van der Waals surface area contributed by atoms with Gasteiger partial charge >= 0.3 is 11.9 Å². The van der Waals surface area contributed by atoms with Crippen molar-refractivity contribution in [1.29, 1.82) is 0 Å². The second kappa shape index (κ2) is 15.8. The van der Waals surface area contributed by atoms with Crippen molar-refractivity contribution in [3.8, 4) is 11.5 Å². The Balaban J connectivity index is 2.49. The maximum Gasteiger partial charge on any atom is 0.339 e. The van der Waals surface area contributed by atoms with Gasteiger partial charge in [0.05, 0.1) is 0 Å². The molecule has 1 aromatic rings. The maximum atomic E-state index is 12.2. The normalized spacial score (nSPS) is 23.0. The molecule has 1 aromatic carbocycles. The van der Waals surface area contributed by atoms with E-state index in [1.54, 1.807) is 0 Å². The van der Waals surface area contributed by atoms with Crippen LogP contribution in [0, 0.1) is 0 Å². The minimum absolute atomic E-state index is 0.0845. The molecule has 1 unspecified atom stereocenters. The lowest BCUT2D eigenvalue weighted by Gasteiger charge is -2.40. The van der Waals surface area contributed by atoms with E-state index in [0.29, 0.717) is 18.4 Å². The minimum atomic E-state index is -1.68. The topological polar surface area (TPSA) is 163 Å². The molecule has 2 rings (SSSR count). The van der Waals surface area contributed by atoms with Gasteiger partial charge < -0.3 is 39.7 Å². The molecule has 224 valence electrons. The zero-order chi connectivity index (χ0) is 30.0. The van der Waals surface area contributed by atoms with Crippen LogP contribution in [-0.4, -0.2) is 74.8 Å². The van der Waals surface area contributed by atoms with Crippen LogP contribution in [0.25, 0.3) is 0 Å². The fourth-order valence-electron chi connectivity index (χ4n) is 4.48. The molecular formula is C30H44O10. The number of aliphatic hydroxyl groups excluding tert-OH is 3. The Kier molecular flexibility index (Phi) is 13.1. The molecule has 0 bridgehead atoms. The van der Waals surface area contributed by atoms with Crippen LogP contribution in [0.1, 0.15) is 88.2 Å². The third-order valence-electron chi connectivity index (χ3n) is 6.82. The summed E-state index contributed by atoms with van der Waals surface area (Å²) in [6.45, 7) is 8.80. The molecule has 1 aliphatic rings. The zero-order valence-electron chi connectivity index (χ0n) is 24.1. The number of carboxylic acid groups (broad SMARTS) is 1. The van der Waals surface area contributed by atoms with Crippen molar-refractivity contribution in [2.45, 2.75) is 110 Å². The lowest BCUT2D eigenvalue weighted by atomic mass is 9.94. The average Bonchev–Trinajstić information content (AvgIpc) is 2.87.